The predicted molar refractivity (Wildman–Crippen MR) is 107 cm³/mol. The fourth-order valence-corrected chi connectivity index (χ4v) is 3.34. The van der Waals surface area contributed by atoms with Crippen LogP contribution in [0.1, 0.15) is 0 Å². The normalized spacial score (nSPS) is 19.2. The van der Waals surface area contributed by atoms with E-state index in [9.17, 15) is 19.2 Å². The Bertz CT molecular complexity index is 546. The summed E-state index contributed by atoms with van der Waals surface area (Å²) in [6, 6.07) is 0. The highest BCUT2D eigenvalue weighted by Gasteiger charge is 2.20. The molecule has 0 aliphatic carbocycles. The first-order chi connectivity index (χ1) is 13.7. The SMILES string of the molecule is CSC(=O)CN1CCN(CC(=O)O)CCN(CC(=O)O)CCN(CC(=O)O)CC1. The Morgan fingerprint density at radius 3 is 1.03 bits per heavy atom. The van der Waals surface area contributed by atoms with Crippen molar-refractivity contribution in [2.24, 2.45) is 0 Å². The molecule has 0 spiro atoms. The molecule has 0 amide bonds. The van der Waals surface area contributed by atoms with E-state index < -0.39 is 17.9 Å². The van der Waals surface area contributed by atoms with Crippen LogP contribution in [0, 0.1) is 0 Å². The van der Waals surface area contributed by atoms with Crippen LogP contribution in [-0.2, 0) is 19.2 Å². The number of thioether (sulfide) groups is 1. The maximum absolute atomic E-state index is 11.9. The molecule has 1 rings (SSSR count). The smallest absolute Gasteiger partial charge is 0.317 e. The molecule has 1 saturated heterocycles. The Kier molecular flexibility index (Phi) is 11.8. The van der Waals surface area contributed by atoms with Gasteiger partial charge < -0.3 is 15.3 Å². The van der Waals surface area contributed by atoms with Crippen molar-refractivity contribution < 1.29 is 34.5 Å². The van der Waals surface area contributed by atoms with Crippen LogP contribution < -0.4 is 0 Å². The maximum atomic E-state index is 11.9. The number of carboxylic acid groups (broad SMARTS) is 3. The summed E-state index contributed by atoms with van der Waals surface area (Å²) < 4.78 is 0. The second-order valence-electron chi connectivity index (χ2n) is 6.86. The molecule has 0 aromatic rings. The molecule has 0 unspecified atom stereocenters. The van der Waals surface area contributed by atoms with E-state index in [0.717, 1.165) is 11.8 Å². The van der Waals surface area contributed by atoms with E-state index in [2.05, 4.69) is 0 Å². The van der Waals surface area contributed by atoms with E-state index in [1.807, 2.05) is 4.90 Å². The fourth-order valence-electron chi connectivity index (χ4n) is 3.03. The van der Waals surface area contributed by atoms with Gasteiger partial charge in [-0.05, 0) is 6.26 Å². The number of nitrogens with zero attached hydrogens (tertiary/aromatic N) is 4. The molecule has 1 aliphatic heterocycles. The zero-order valence-electron chi connectivity index (χ0n) is 16.7. The topological polar surface area (TPSA) is 142 Å². The van der Waals surface area contributed by atoms with E-state index in [1.54, 1.807) is 21.0 Å². The number of rotatable bonds is 8. The van der Waals surface area contributed by atoms with Gasteiger partial charge >= 0.3 is 17.9 Å². The van der Waals surface area contributed by atoms with Gasteiger partial charge in [-0.2, -0.15) is 0 Å². The van der Waals surface area contributed by atoms with Crippen LogP contribution in [0.4, 0.5) is 0 Å². The molecule has 11 nitrogen and oxygen atoms in total. The summed E-state index contributed by atoms with van der Waals surface area (Å²) in [7, 11) is 0. The predicted octanol–water partition coefficient (Wildman–Crippen LogP) is -1.65. The van der Waals surface area contributed by atoms with Crippen molar-refractivity contribution in [1.82, 2.24) is 19.6 Å². The van der Waals surface area contributed by atoms with Crippen molar-refractivity contribution in [3.8, 4) is 0 Å². The van der Waals surface area contributed by atoms with Crippen LogP contribution in [0.2, 0.25) is 0 Å². The third-order valence-electron chi connectivity index (χ3n) is 4.59. The first-order valence-electron chi connectivity index (χ1n) is 9.31. The Hall–Kier alpha value is -1.73. The van der Waals surface area contributed by atoms with Crippen LogP contribution in [0.3, 0.4) is 0 Å². The van der Waals surface area contributed by atoms with Gasteiger partial charge in [0.2, 0.25) is 5.12 Å². The fraction of sp³-hybridized carbons (Fsp3) is 0.765. The lowest BCUT2D eigenvalue weighted by atomic mass is 10.3. The molecule has 0 radical (unpaired) electrons. The molecule has 0 bridgehead atoms. The van der Waals surface area contributed by atoms with Gasteiger partial charge in [0.25, 0.3) is 0 Å². The highest BCUT2D eigenvalue weighted by atomic mass is 32.2. The largest absolute Gasteiger partial charge is 0.480 e. The number of carbonyl (C=O) groups excluding carboxylic acids is 1. The zero-order valence-corrected chi connectivity index (χ0v) is 17.5. The third kappa shape index (κ3) is 11.8. The van der Waals surface area contributed by atoms with Crippen LogP contribution in [0.25, 0.3) is 0 Å². The molecule has 0 saturated carbocycles. The van der Waals surface area contributed by atoms with E-state index in [4.69, 9.17) is 15.3 Å². The van der Waals surface area contributed by atoms with Crippen molar-refractivity contribution in [1.29, 1.82) is 0 Å². The number of aliphatic carboxylic acids is 3. The summed E-state index contributed by atoms with van der Waals surface area (Å²) in [5.74, 6) is -2.93. The quantitative estimate of drug-likeness (QED) is 0.403. The monoisotopic (exact) mass is 434 g/mol. The number of hydrogen-bond donors (Lipinski definition) is 3. The molecule has 3 N–H and O–H groups in total. The summed E-state index contributed by atoms with van der Waals surface area (Å²) in [6.45, 7) is 2.83. The molecule has 0 aromatic heterocycles. The standard InChI is InChI=1S/C17H30N4O7S/c1-29-17(28)13-21-8-6-19(11-15(24)25)4-2-18(10-14(22)23)3-5-20(7-9-21)12-16(26)27/h2-13H2,1H3,(H,22,23)(H,24,25)(H,26,27). The molecule has 12 heteroatoms. The van der Waals surface area contributed by atoms with Crippen molar-refractivity contribution in [3.63, 3.8) is 0 Å². The van der Waals surface area contributed by atoms with Crippen LogP contribution >= 0.6 is 11.8 Å². The van der Waals surface area contributed by atoms with Crippen LogP contribution in [0.5, 0.6) is 0 Å². The summed E-state index contributed by atoms with van der Waals surface area (Å²) in [6.07, 6.45) is 1.70. The summed E-state index contributed by atoms with van der Waals surface area (Å²) >= 11 is 1.12. The van der Waals surface area contributed by atoms with Crippen molar-refractivity contribution in [3.05, 3.63) is 0 Å². The number of carbonyl (C=O) groups is 4. The average Bonchev–Trinajstić information content (AvgIpc) is 2.62. The minimum absolute atomic E-state index is 0.0145. The maximum Gasteiger partial charge on any atom is 0.317 e. The average molecular weight is 435 g/mol. The van der Waals surface area contributed by atoms with E-state index in [-0.39, 0.29) is 31.3 Å². The molecule has 1 heterocycles. The number of hydrogen-bond acceptors (Lipinski definition) is 9. The molecule has 0 atom stereocenters. The van der Waals surface area contributed by atoms with Gasteiger partial charge in [0.05, 0.1) is 26.2 Å². The van der Waals surface area contributed by atoms with Gasteiger partial charge in [0.15, 0.2) is 0 Å². The minimum Gasteiger partial charge on any atom is -0.480 e. The summed E-state index contributed by atoms with van der Waals surface area (Å²) in [5, 5.41) is 27.4. The lowest BCUT2D eigenvalue weighted by molar-refractivity contribution is -0.140. The van der Waals surface area contributed by atoms with Crippen molar-refractivity contribution >= 4 is 34.8 Å². The molecular weight excluding hydrogens is 404 g/mol. The Morgan fingerprint density at radius 2 is 0.828 bits per heavy atom. The van der Waals surface area contributed by atoms with Crippen LogP contribution in [0.15, 0.2) is 0 Å². The highest BCUT2D eigenvalue weighted by Crippen LogP contribution is 2.03. The van der Waals surface area contributed by atoms with Gasteiger partial charge in [-0.3, -0.25) is 38.8 Å². The highest BCUT2D eigenvalue weighted by molar-refractivity contribution is 8.13. The molecule has 166 valence electrons. The third-order valence-corrected chi connectivity index (χ3v) is 5.17. The first-order valence-corrected chi connectivity index (χ1v) is 10.5. The van der Waals surface area contributed by atoms with Gasteiger partial charge in [-0.1, -0.05) is 11.8 Å². The first kappa shape index (κ1) is 25.3. The molecule has 1 aliphatic rings. The summed E-state index contributed by atoms with van der Waals surface area (Å²) in [5.41, 5.74) is 0. The minimum atomic E-state index is -0.992. The Balaban J connectivity index is 2.92. The van der Waals surface area contributed by atoms with Gasteiger partial charge in [0, 0.05) is 52.4 Å². The molecule has 1 fully saturated rings. The van der Waals surface area contributed by atoms with Gasteiger partial charge in [0.1, 0.15) is 0 Å². The zero-order chi connectivity index (χ0) is 21.8. The van der Waals surface area contributed by atoms with Gasteiger partial charge in [-0.15, -0.1) is 0 Å². The van der Waals surface area contributed by atoms with Crippen molar-refractivity contribution in [2.75, 3.05) is 84.8 Å². The lowest BCUT2D eigenvalue weighted by Crippen LogP contribution is -2.49. The van der Waals surface area contributed by atoms with E-state index in [0.29, 0.717) is 52.4 Å². The summed E-state index contributed by atoms with van der Waals surface area (Å²) in [4.78, 5) is 52.4. The van der Waals surface area contributed by atoms with E-state index >= 15 is 0 Å². The second-order valence-corrected chi connectivity index (χ2v) is 7.73. The van der Waals surface area contributed by atoms with Crippen LogP contribution in [-0.4, -0.2) is 143 Å². The molecule has 0 aromatic carbocycles. The Labute approximate surface area is 174 Å². The second kappa shape index (κ2) is 13.5. The molecule has 29 heavy (non-hydrogen) atoms. The van der Waals surface area contributed by atoms with Crippen molar-refractivity contribution in [2.45, 2.75) is 0 Å². The molecular formula is C17H30N4O7S. The Morgan fingerprint density at radius 1 is 0.586 bits per heavy atom. The number of carboxylic acids is 3. The lowest BCUT2D eigenvalue weighted by Gasteiger charge is -2.32. The van der Waals surface area contributed by atoms with E-state index in [1.165, 1.54) is 0 Å². The van der Waals surface area contributed by atoms with Gasteiger partial charge in [-0.25, -0.2) is 0 Å².